The number of nitrogens with one attached hydrogen (secondary N) is 2. The molecule has 0 bridgehead atoms. The second-order valence-electron chi connectivity index (χ2n) is 3.42. The summed E-state index contributed by atoms with van der Waals surface area (Å²) in [4.78, 5) is 11.2. The molecular formula is C10H22N2O4. The lowest BCUT2D eigenvalue weighted by Crippen LogP contribution is -2.36. The van der Waals surface area contributed by atoms with Crippen LogP contribution in [0.2, 0.25) is 0 Å². The van der Waals surface area contributed by atoms with E-state index in [0.29, 0.717) is 32.7 Å². The first-order valence-corrected chi connectivity index (χ1v) is 5.34. The highest BCUT2D eigenvalue weighted by atomic mass is 16.5. The van der Waals surface area contributed by atoms with Gasteiger partial charge in [0, 0.05) is 20.8 Å². The SMILES string of the molecule is COCCNC(=O)CNCCC(O)COC. The Kier molecular flexibility index (Phi) is 10.3. The summed E-state index contributed by atoms with van der Waals surface area (Å²) < 4.78 is 9.57. The molecule has 0 rings (SSSR count). The van der Waals surface area contributed by atoms with E-state index in [1.165, 1.54) is 0 Å². The molecule has 6 nitrogen and oxygen atoms in total. The highest BCUT2D eigenvalue weighted by molar-refractivity contribution is 5.77. The van der Waals surface area contributed by atoms with Crippen LogP contribution in [0.1, 0.15) is 6.42 Å². The largest absolute Gasteiger partial charge is 0.391 e. The second kappa shape index (κ2) is 10.8. The van der Waals surface area contributed by atoms with E-state index in [2.05, 4.69) is 10.6 Å². The van der Waals surface area contributed by atoms with Crippen LogP contribution in [0.25, 0.3) is 0 Å². The maximum absolute atomic E-state index is 11.2. The van der Waals surface area contributed by atoms with Crippen LogP contribution in [-0.2, 0) is 14.3 Å². The van der Waals surface area contributed by atoms with E-state index in [4.69, 9.17) is 9.47 Å². The van der Waals surface area contributed by atoms with Crippen LogP contribution in [-0.4, -0.2) is 64.2 Å². The number of hydrogen-bond acceptors (Lipinski definition) is 5. The molecule has 0 aromatic heterocycles. The number of amides is 1. The maximum Gasteiger partial charge on any atom is 0.234 e. The van der Waals surface area contributed by atoms with Gasteiger partial charge in [0.1, 0.15) is 0 Å². The fourth-order valence-electron chi connectivity index (χ4n) is 1.10. The lowest BCUT2D eigenvalue weighted by atomic mass is 10.2. The van der Waals surface area contributed by atoms with Gasteiger partial charge in [-0.1, -0.05) is 0 Å². The summed E-state index contributed by atoms with van der Waals surface area (Å²) in [6, 6.07) is 0. The summed E-state index contributed by atoms with van der Waals surface area (Å²) >= 11 is 0. The highest BCUT2D eigenvalue weighted by Crippen LogP contribution is 1.89. The molecule has 0 spiro atoms. The Hall–Kier alpha value is -0.690. The molecule has 1 atom stereocenters. The fourth-order valence-corrected chi connectivity index (χ4v) is 1.10. The number of aliphatic hydroxyl groups is 1. The van der Waals surface area contributed by atoms with Crippen LogP contribution in [0, 0.1) is 0 Å². The summed E-state index contributed by atoms with van der Waals surface area (Å²) in [6.07, 6.45) is 0.0909. The molecule has 0 saturated heterocycles. The van der Waals surface area contributed by atoms with Gasteiger partial charge in [-0.15, -0.1) is 0 Å². The summed E-state index contributed by atoms with van der Waals surface area (Å²) in [7, 11) is 3.13. The molecule has 0 radical (unpaired) electrons. The normalized spacial score (nSPS) is 12.4. The third kappa shape index (κ3) is 9.85. The first-order chi connectivity index (χ1) is 7.70. The molecule has 6 heteroatoms. The lowest BCUT2D eigenvalue weighted by Gasteiger charge is -2.10. The van der Waals surface area contributed by atoms with Gasteiger partial charge in [-0.25, -0.2) is 0 Å². The molecule has 1 unspecified atom stereocenters. The molecule has 0 aliphatic heterocycles. The zero-order chi connectivity index (χ0) is 12.2. The van der Waals surface area contributed by atoms with Crippen molar-refractivity contribution in [1.82, 2.24) is 10.6 Å². The van der Waals surface area contributed by atoms with E-state index in [1.54, 1.807) is 14.2 Å². The number of carbonyl (C=O) groups excluding carboxylic acids is 1. The Balaban J connectivity index is 3.27. The monoisotopic (exact) mass is 234 g/mol. The summed E-state index contributed by atoms with van der Waals surface area (Å²) in [5.74, 6) is -0.0710. The van der Waals surface area contributed by atoms with Gasteiger partial charge in [0.25, 0.3) is 0 Å². The van der Waals surface area contributed by atoms with E-state index in [9.17, 15) is 9.90 Å². The lowest BCUT2D eigenvalue weighted by molar-refractivity contribution is -0.120. The minimum absolute atomic E-state index is 0.0710. The van der Waals surface area contributed by atoms with Crippen LogP contribution in [0.4, 0.5) is 0 Å². The zero-order valence-corrected chi connectivity index (χ0v) is 9.99. The summed E-state index contributed by atoms with van der Waals surface area (Å²) in [5, 5.41) is 14.9. The van der Waals surface area contributed by atoms with Crippen molar-refractivity contribution in [2.45, 2.75) is 12.5 Å². The van der Waals surface area contributed by atoms with E-state index in [-0.39, 0.29) is 12.5 Å². The first-order valence-electron chi connectivity index (χ1n) is 5.34. The molecule has 96 valence electrons. The van der Waals surface area contributed by atoms with Crippen molar-refractivity contribution in [3.8, 4) is 0 Å². The van der Waals surface area contributed by atoms with Crippen molar-refractivity contribution in [1.29, 1.82) is 0 Å². The molecule has 1 amide bonds. The topological polar surface area (TPSA) is 79.8 Å². The molecule has 0 saturated carbocycles. The average molecular weight is 234 g/mol. The quantitative estimate of drug-likeness (QED) is 0.411. The molecule has 0 heterocycles. The van der Waals surface area contributed by atoms with Crippen LogP contribution in [0.15, 0.2) is 0 Å². The first kappa shape index (κ1) is 15.3. The number of methoxy groups -OCH3 is 2. The smallest absolute Gasteiger partial charge is 0.234 e. The molecule has 3 N–H and O–H groups in total. The number of rotatable bonds is 10. The second-order valence-corrected chi connectivity index (χ2v) is 3.42. The van der Waals surface area contributed by atoms with Gasteiger partial charge in [-0.05, 0) is 13.0 Å². The fraction of sp³-hybridized carbons (Fsp3) is 0.900. The predicted molar refractivity (Wildman–Crippen MR) is 60.3 cm³/mol. The number of aliphatic hydroxyl groups excluding tert-OH is 1. The van der Waals surface area contributed by atoms with Crippen LogP contribution in [0.3, 0.4) is 0 Å². The van der Waals surface area contributed by atoms with Crippen molar-refractivity contribution in [3.05, 3.63) is 0 Å². The minimum Gasteiger partial charge on any atom is -0.391 e. The van der Waals surface area contributed by atoms with Gasteiger partial charge in [0.15, 0.2) is 0 Å². The Morgan fingerprint density at radius 3 is 2.69 bits per heavy atom. The summed E-state index contributed by atoms with van der Waals surface area (Å²) in [6.45, 7) is 2.19. The third-order valence-corrected chi connectivity index (χ3v) is 1.93. The Labute approximate surface area is 96.3 Å². The molecule has 0 aromatic rings. The van der Waals surface area contributed by atoms with Crippen molar-refractivity contribution in [2.24, 2.45) is 0 Å². The van der Waals surface area contributed by atoms with E-state index < -0.39 is 6.10 Å². The molecular weight excluding hydrogens is 212 g/mol. The molecule has 0 aromatic carbocycles. The highest BCUT2D eigenvalue weighted by Gasteiger charge is 2.03. The molecule has 0 fully saturated rings. The van der Waals surface area contributed by atoms with Gasteiger partial charge in [0.05, 0.1) is 25.9 Å². The number of carbonyl (C=O) groups is 1. The minimum atomic E-state index is -0.478. The third-order valence-electron chi connectivity index (χ3n) is 1.93. The van der Waals surface area contributed by atoms with Gasteiger partial charge in [-0.3, -0.25) is 4.79 Å². The van der Waals surface area contributed by atoms with Crippen LogP contribution >= 0.6 is 0 Å². The van der Waals surface area contributed by atoms with E-state index in [0.717, 1.165) is 0 Å². The number of ether oxygens (including phenoxy) is 2. The number of hydrogen-bond donors (Lipinski definition) is 3. The Morgan fingerprint density at radius 1 is 1.31 bits per heavy atom. The van der Waals surface area contributed by atoms with Gasteiger partial charge < -0.3 is 25.2 Å². The van der Waals surface area contributed by atoms with Gasteiger partial charge in [-0.2, -0.15) is 0 Å². The Morgan fingerprint density at radius 2 is 2.06 bits per heavy atom. The van der Waals surface area contributed by atoms with Crippen molar-refractivity contribution in [3.63, 3.8) is 0 Å². The van der Waals surface area contributed by atoms with Crippen molar-refractivity contribution >= 4 is 5.91 Å². The van der Waals surface area contributed by atoms with Crippen LogP contribution in [0.5, 0.6) is 0 Å². The van der Waals surface area contributed by atoms with Gasteiger partial charge in [0.2, 0.25) is 5.91 Å². The van der Waals surface area contributed by atoms with Crippen LogP contribution < -0.4 is 10.6 Å². The van der Waals surface area contributed by atoms with Gasteiger partial charge >= 0.3 is 0 Å². The maximum atomic E-state index is 11.2. The van der Waals surface area contributed by atoms with E-state index in [1.807, 2.05) is 0 Å². The van der Waals surface area contributed by atoms with Crippen molar-refractivity contribution < 1.29 is 19.4 Å². The van der Waals surface area contributed by atoms with Crippen molar-refractivity contribution in [2.75, 3.05) is 47.1 Å². The average Bonchev–Trinajstić information content (AvgIpc) is 2.25. The molecule has 16 heavy (non-hydrogen) atoms. The zero-order valence-electron chi connectivity index (χ0n) is 9.99. The summed E-state index contributed by atoms with van der Waals surface area (Å²) in [5.41, 5.74) is 0. The molecule has 0 aliphatic carbocycles. The Bertz CT molecular complexity index is 178. The molecule has 0 aliphatic rings. The standard InChI is InChI=1S/C10H22N2O4/c1-15-6-5-12-10(14)7-11-4-3-9(13)8-16-2/h9,11,13H,3-8H2,1-2H3,(H,12,14). The van der Waals surface area contributed by atoms with E-state index >= 15 is 0 Å². The predicted octanol–water partition coefficient (Wildman–Crippen LogP) is -1.26.